The minimum Gasteiger partial charge on any atom is -0.504 e. The van der Waals surface area contributed by atoms with Crippen LogP contribution < -0.4 is 4.74 Å². The molecule has 142 valence electrons. The number of likely N-dealkylation sites (tertiary alicyclic amines) is 1. The molecule has 6 rings (SSSR count). The van der Waals surface area contributed by atoms with E-state index >= 15 is 0 Å². The molecule has 0 amide bonds. The Morgan fingerprint density at radius 1 is 1.23 bits per heavy atom. The highest BCUT2D eigenvalue weighted by atomic mass is 35.5. The summed E-state index contributed by atoms with van der Waals surface area (Å²) >= 11 is 0. The Morgan fingerprint density at radius 2 is 2.04 bits per heavy atom. The lowest BCUT2D eigenvalue weighted by atomic mass is 9.49. The van der Waals surface area contributed by atoms with E-state index in [0.29, 0.717) is 25.0 Å². The molecule has 3 aliphatic carbocycles. The van der Waals surface area contributed by atoms with E-state index in [1.54, 1.807) is 6.07 Å². The van der Waals surface area contributed by atoms with Crippen molar-refractivity contribution in [3.05, 3.63) is 23.3 Å². The summed E-state index contributed by atoms with van der Waals surface area (Å²) in [4.78, 5) is 2.46. The van der Waals surface area contributed by atoms with Gasteiger partial charge in [0.1, 0.15) is 12.3 Å². The molecule has 2 aliphatic heterocycles. The van der Waals surface area contributed by atoms with Crippen LogP contribution in [-0.2, 0) is 11.8 Å². The first-order valence-corrected chi connectivity index (χ1v) is 9.67. The van der Waals surface area contributed by atoms with Crippen LogP contribution in [0.5, 0.6) is 11.5 Å². The maximum Gasteiger partial charge on any atom is 0.165 e. The predicted octanol–water partition coefficient (Wildman–Crippen LogP) is 2.72. The third-order valence-corrected chi connectivity index (χ3v) is 7.69. The number of phenolic OH excluding ortho intramolecular Hbond substituents is 1. The lowest BCUT2D eigenvalue weighted by Crippen LogP contribution is -2.76. The van der Waals surface area contributed by atoms with Gasteiger partial charge in [0.05, 0.1) is 11.0 Å². The average molecular weight is 382 g/mol. The van der Waals surface area contributed by atoms with Gasteiger partial charge in [-0.2, -0.15) is 0 Å². The zero-order valence-corrected chi connectivity index (χ0v) is 15.5. The van der Waals surface area contributed by atoms with Crippen LogP contribution in [0.3, 0.4) is 0 Å². The SMILES string of the molecule is Cl.Oc1ccc2c3c1OC1C(F)CCC4(O)C(C2)N(CC2CC2)CCC314. The molecule has 1 aromatic rings. The number of ether oxygens (including phenoxy) is 1. The van der Waals surface area contributed by atoms with Gasteiger partial charge in [-0.1, -0.05) is 6.07 Å². The Kier molecular flexibility index (Phi) is 3.46. The summed E-state index contributed by atoms with van der Waals surface area (Å²) in [6.45, 7) is 1.93. The van der Waals surface area contributed by atoms with Crippen molar-refractivity contribution >= 4 is 12.4 Å². The number of halogens is 2. The number of aliphatic hydroxyl groups is 1. The van der Waals surface area contributed by atoms with E-state index in [2.05, 4.69) is 4.90 Å². The maximum atomic E-state index is 14.9. The molecule has 26 heavy (non-hydrogen) atoms. The van der Waals surface area contributed by atoms with E-state index in [9.17, 15) is 14.6 Å². The average Bonchev–Trinajstić information content (AvgIpc) is 3.32. The van der Waals surface area contributed by atoms with Crippen LogP contribution in [0.25, 0.3) is 0 Å². The second kappa shape index (κ2) is 5.27. The molecule has 1 spiro atoms. The molecule has 2 N–H and O–H groups in total. The molecule has 1 saturated heterocycles. The molecule has 4 nitrogen and oxygen atoms in total. The van der Waals surface area contributed by atoms with Gasteiger partial charge in [0.2, 0.25) is 0 Å². The smallest absolute Gasteiger partial charge is 0.165 e. The van der Waals surface area contributed by atoms with Crippen LogP contribution in [0.4, 0.5) is 4.39 Å². The number of alkyl halides is 1. The first-order valence-electron chi connectivity index (χ1n) is 9.67. The Hall–Kier alpha value is -1.04. The van der Waals surface area contributed by atoms with Crippen molar-refractivity contribution in [2.24, 2.45) is 5.92 Å². The Bertz CT molecular complexity index is 772. The van der Waals surface area contributed by atoms with E-state index in [-0.39, 0.29) is 24.2 Å². The van der Waals surface area contributed by atoms with Gasteiger partial charge in [-0.15, -0.1) is 12.4 Å². The molecular weight excluding hydrogens is 357 g/mol. The highest BCUT2D eigenvalue weighted by Crippen LogP contribution is 2.65. The fourth-order valence-corrected chi connectivity index (χ4v) is 6.42. The van der Waals surface area contributed by atoms with Crippen molar-refractivity contribution in [2.45, 2.75) is 67.9 Å². The zero-order chi connectivity index (χ0) is 17.0. The van der Waals surface area contributed by atoms with Crippen molar-refractivity contribution < 1.29 is 19.3 Å². The molecule has 6 heteroatoms. The molecule has 0 radical (unpaired) electrons. The number of aromatic hydroxyl groups is 1. The van der Waals surface area contributed by atoms with Crippen LogP contribution >= 0.6 is 12.4 Å². The number of phenols is 1. The van der Waals surface area contributed by atoms with Crippen LogP contribution in [0.1, 0.15) is 43.2 Å². The predicted molar refractivity (Wildman–Crippen MR) is 96.9 cm³/mol. The van der Waals surface area contributed by atoms with Crippen molar-refractivity contribution in [1.82, 2.24) is 4.90 Å². The summed E-state index contributed by atoms with van der Waals surface area (Å²) in [5, 5.41) is 22.3. The molecular formula is C20H25ClFNO3. The van der Waals surface area contributed by atoms with E-state index < -0.39 is 23.3 Å². The summed E-state index contributed by atoms with van der Waals surface area (Å²) in [6.07, 6.45) is 3.11. The van der Waals surface area contributed by atoms with Gasteiger partial charge in [0, 0.05) is 18.2 Å². The Morgan fingerprint density at radius 3 is 2.81 bits per heavy atom. The van der Waals surface area contributed by atoms with Gasteiger partial charge in [0.15, 0.2) is 11.5 Å². The lowest BCUT2D eigenvalue weighted by molar-refractivity contribution is -0.199. The van der Waals surface area contributed by atoms with Crippen LogP contribution in [0.15, 0.2) is 12.1 Å². The lowest BCUT2D eigenvalue weighted by Gasteiger charge is -2.63. The second-order valence-electron chi connectivity index (χ2n) is 8.84. The molecule has 2 heterocycles. The highest BCUT2D eigenvalue weighted by molar-refractivity contribution is 5.85. The normalized spacial score (nSPS) is 42.6. The monoisotopic (exact) mass is 381 g/mol. The van der Waals surface area contributed by atoms with Gasteiger partial charge >= 0.3 is 0 Å². The Balaban J connectivity index is 0.00000150. The number of piperidine rings is 1. The summed E-state index contributed by atoms with van der Waals surface area (Å²) < 4.78 is 20.9. The quantitative estimate of drug-likeness (QED) is 0.827. The van der Waals surface area contributed by atoms with Gasteiger partial charge in [0.25, 0.3) is 0 Å². The number of hydrogen-bond donors (Lipinski definition) is 2. The minimum absolute atomic E-state index is 0. The van der Waals surface area contributed by atoms with E-state index in [4.69, 9.17) is 4.74 Å². The molecule has 0 aromatic heterocycles. The summed E-state index contributed by atoms with van der Waals surface area (Å²) in [7, 11) is 0. The molecule has 5 atom stereocenters. The van der Waals surface area contributed by atoms with Crippen LogP contribution in [-0.4, -0.2) is 52.1 Å². The van der Waals surface area contributed by atoms with E-state index in [0.717, 1.165) is 36.6 Å². The first-order chi connectivity index (χ1) is 12.0. The number of hydrogen-bond acceptors (Lipinski definition) is 4. The zero-order valence-electron chi connectivity index (χ0n) is 14.7. The highest BCUT2D eigenvalue weighted by Gasteiger charge is 2.73. The van der Waals surface area contributed by atoms with Gasteiger partial charge in [-0.05, 0) is 62.6 Å². The Labute approximate surface area is 158 Å². The van der Waals surface area contributed by atoms with Crippen LogP contribution in [0.2, 0.25) is 0 Å². The fraction of sp³-hybridized carbons (Fsp3) is 0.700. The molecule has 2 bridgehead atoms. The first kappa shape index (κ1) is 17.1. The largest absolute Gasteiger partial charge is 0.504 e. The summed E-state index contributed by atoms with van der Waals surface area (Å²) in [5.74, 6) is 1.28. The maximum absolute atomic E-state index is 14.9. The van der Waals surface area contributed by atoms with Gasteiger partial charge in [-0.3, -0.25) is 4.90 Å². The number of rotatable bonds is 2. The standard InChI is InChI=1S/C20H24FNO3.ClH/c21-13-5-6-20(24)15-9-12-3-4-14(23)17-16(12)19(20,18(13)25-17)7-8-22(15)10-11-1-2-11;/h3-4,11,13,15,18,23-24H,1-2,5-10H2;1H. The van der Waals surface area contributed by atoms with Gasteiger partial charge < -0.3 is 14.9 Å². The third kappa shape index (κ3) is 1.82. The molecule has 5 unspecified atom stereocenters. The topological polar surface area (TPSA) is 52.9 Å². The summed E-state index contributed by atoms with van der Waals surface area (Å²) in [5.41, 5.74) is 0.375. The van der Waals surface area contributed by atoms with Crippen LogP contribution in [0, 0.1) is 5.92 Å². The molecule has 2 saturated carbocycles. The molecule has 5 aliphatic rings. The fourth-order valence-electron chi connectivity index (χ4n) is 6.42. The van der Waals surface area contributed by atoms with Crippen molar-refractivity contribution in [2.75, 3.05) is 13.1 Å². The minimum atomic E-state index is -1.09. The molecule has 1 aromatic carbocycles. The van der Waals surface area contributed by atoms with Gasteiger partial charge in [-0.25, -0.2) is 4.39 Å². The van der Waals surface area contributed by atoms with E-state index in [1.807, 2.05) is 6.07 Å². The number of benzene rings is 1. The molecule has 3 fully saturated rings. The second-order valence-corrected chi connectivity index (χ2v) is 8.84. The van der Waals surface area contributed by atoms with Crippen molar-refractivity contribution in [3.63, 3.8) is 0 Å². The third-order valence-electron chi connectivity index (χ3n) is 7.69. The van der Waals surface area contributed by atoms with Crippen molar-refractivity contribution in [3.8, 4) is 11.5 Å². The number of nitrogens with zero attached hydrogens (tertiary/aromatic N) is 1. The summed E-state index contributed by atoms with van der Waals surface area (Å²) in [6, 6.07) is 3.65. The van der Waals surface area contributed by atoms with Crippen molar-refractivity contribution in [1.29, 1.82) is 0 Å². The van der Waals surface area contributed by atoms with E-state index in [1.165, 1.54) is 12.8 Å².